The molecule has 0 saturated heterocycles. The molecule has 0 fully saturated rings. The minimum absolute atomic E-state index is 0.184. The Balaban J connectivity index is 1.94. The lowest BCUT2D eigenvalue weighted by Gasteiger charge is -2.25. The molecule has 2 aromatic rings. The molecule has 1 aliphatic heterocycles. The van der Waals surface area contributed by atoms with Crippen LogP contribution in [0.15, 0.2) is 24.3 Å². The predicted molar refractivity (Wildman–Crippen MR) is 66.9 cm³/mol. The zero-order valence-corrected chi connectivity index (χ0v) is 10.1. The molecule has 0 saturated carbocycles. The molecule has 92 valence electrons. The van der Waals surface area contributed by atoms with Crippen LogP contribution in [0.1, 0.15) is 11.9 Å². The van der Waals surface area contributed by atoms with Crippen LogP contribution in [0.2, 0.25) is 0 Å². The number of H-pyrrole nitrogens is 1. The van der Waals surface area contributed by atoms with Crippen LogP contribution >= 0.6 is 12.2 Å². The highest BCUT2D eigenvalue weighted by Crippen LogP contribution is 2.34. The van der Waals surface area contributed by atoms with Crippen LogP contribution in [0, 0.1) is 4.77 Å². The van der Waals surface area contributed by atoms with Crippen molar-refractivity contribution >= 4 is 18.2 Å². The van der Waals surface area contributed by atoms with E-state index in [1.165, 1.54) is 0 Å². The van der Waals surface area contributed by atoms with Crippen molar-refractivity contribution in [1.82, 2.24) is 15.0 Å². The van der Waals surface area contributed by atoms with E-state index < -0.39 is 0 Å². The number of nitrogen functional groups attached to an aromatic ring is 1. The van der Waals surface area contributed by atoms with E-state index >= 15 is 0 Å². The van der Waals surface area contributed by atoms with Gasteiger partial charge >= 0.3 is 0 Å². The number of fused-ring (bicyclic) bond motifs is 1. The first-order chi connectivity index (χ1) is 8.72. The van der Waals surface area contributed by atoms with Gasteiger partial charge in [-0.05, 0) is 24.4 Å². The molecule has 3 N–H and O–H groups in total. The van der Waals surface area contributed by atoms with E-state index in [9.17, 15) is 0 Å². The Hall–Kier alpha value is -2.15. The largest absolute Gasteiger partial charge is 0.485 e. The Morgan fingerprint density at radius 2 is 2.06 bits per heavy atom. The fourth-order valence-electron chi connectivity index (χ4n) is 1.72. The predicted octanol–water partition coefficient (Wildman–Crippen LogP) is 1.63. The van der Waals surface area contributed by atoms with E-state index in [0.717, 1.165) is 5.75 Å². The fourth-order valence-corrected chi connectivity index (χ4v) is 1.92. The number of nitrogens with zero attached hydrogens (tertiary/aromatic N) is 2. The summed E-state index contributed by atoms with van der Waals surface area (Å²) in [6.07, 6.45) is -0.369. The van der Waals surface area contributed by atoms with Gasteiger partial charge in [-0.1, -0.05) is 12.1 Å². The molecular weight excluding hydrogens is 252 g/mol. The molecule has 6 nitrogen and oxygen atoms in total. The summed E-state index contributed by atoms with van der Waals surface area (Å²) in [5.74, 6) is 2.12. The van der Waals surface area contributed by atoms with E-state index in [-0.39, 0.29) is 16.8 Å². The number of hydrogen-bond donors (Lipinski definition) is 2. The molecule has 18 heavy (non-hydrogen) atoms. The molecular formula is C11H10N4O2S. The molecule has 0 radical (unpaired) electrons. The maximum Gasteiger partial charge on any atom is 0.224 e. The third-order valence-corrected chi connectivity index (χ3v) is 2.68. The van der Waals surface area contributed by atoms with Gasteiger partial charge in [0.2, 0.25) is 10.7 Å². The summed E-state index contributed by atoms with van der Waals surface area (Å²) in [5, 5.41) is 0. The molecule has 1 atom stereocenters. The number of para-hydroxylation sites is 2. The van der Waals surface area contributed by atoms with Gasteiger partial charge in [-0.3, -0.25) is 0 Å². The average Bonchev–Trinajstić information content (AvgIpc) is 2.37. The van der Waals surface area contributed by atoms with Crippen molar-refractivity contribution in [3.05, 3.63) is 34.9 Å². The number of benzene rings is 1. The summed E-state index contributed by atoms with van der Waals surface area (Å²) in [5.41, 5.74) is 5.59. The molecule has 2 heterocycles. The average molecular weight is 262 g/mol. The van der Waals surface area contributed by atoms with E-state index in [1.54, 1.807) is 0 Å². The summed E-state index contributed by atoms with van der Waals surface area (Å²) >= 11 is 4.92. The maximum atomic E-state index is 5.78. The van der Waals surface area contributed by atoms with Crippen molar-refractivity contribution in [2.45, 2.75) is 6.10 Å². The fraction of sp³-hybridized carbons (Fsp3) is 0.182. The SMILES string of the molecule is Nc1nc(=S)nc(C2COc3ccccc3O2)[nH]1. The van der Waals surface area contributed by atoms with Crippen LogP contribution in [-0.2, 0) is 0 Å². The second-order valence-electron chi connectivity index (χ2n) is 3.77. The zero-order chi connectivity index (χ0) is 12.5. The Morgan fingerprint density at radius 3 is 2.83 bits per heavy atom. The molecule has 1 aromatic carbocycles. The third-order valence-electron chi connectivity index (χ3n) is 2.50. The number of aromatic nitrogens is 3. The van der Waals surface area contributed by atoms with Crippen molar-refractivity contribution in [3.63, 3.8) is 0 Å². The van der Waals surface area contributed by atoms with Gasteiger partial charge in [0.1, 0.15) is 6.61 Å². The van der Waals surface area contributed by atoms with Crippen molar-refractivity contribution in [2.24, 2.45) is 0 Å². The monoisotopic (exact) mass is 262 g/mol. The molecule has 1 aliphatic rings. The van der Waals surface area contributed by atoms with E-state index in [2.05, 4.69) is 15.0 Å². The minimum Gasteiger partial charge on any atom is -0.485 e. The van der Waals surface area contributed by atoms with Crippen LogP contribution in [0.5, 0.6) is 11.5 Å². The summed E-state index contributed by atoms with van der Waals surface area (Å²) in [7, 11) is 0. The topological polar surface area (TPSA) is 86.1 Å². The first-order valence-corrected chi connectivity index (χ1v) is 5.75. The van der Waals surface area contributed by atoms with Crippen LogP contribution in [0.25, 0.3) is 0 Å². The zero-order valence-electron chi connectivity index (χ0n) is 9.29. The quantitative estimate of drug-likeness (QED) is 0.760. The van der Waals surface area contributed by atoms with E-state index in [0.29, 0.717) is 18.2 Å². The first-order valence-electron chi connectivity index (χ1n) is 5.34. The number of aromatic amines is 1. The Bertz CT molecular complexity index is 643. The van der Waals surface area contributed by atoms with Crippen LogP contribution < -0.4 is 15.2 Å². The first kappa shape index (κ1) is 11.0. The molecule has 1 aromatic heterocycles. The molecule has 0 spiro atoms. The van der Waals surface area contributed by atoms with Gasteiger partial charge < -0.3 is 20.2 Å². The Kier molecular flexibility index (Phi) is 2.60. The third kappa shape index (κ3) is 2.00. The van der Waals surface area contributed by atoms with Crippen molar-refractivity contribution in [1.29, 1.82) is 0 Å². The maximum absolute atomic E-state index is 5.78. The van der Waals surface area contributed by atoms with Crippen LogP contribution in [0.4, 0.5) is 5.95 Å². The number of rotatable bonds is 1. The second kappa shape index (κ2) is 4.26. The standard InChI is InChI=1S/C11H10N4O2S/c12-10-13-9(14-11(18)15-10)8-5-16-6-3-1-2-4-7(6)17-8/h1-4,8H,5H2,(H3,12,13,14,15,18). The number of nitrogens with two attached hydrogens (primary N) is 1. The lowest BCUT2D eigenvalue weighted by molar-refractivity contribution is 0.0849. The van der Waals surface area contributed by atoms with Gasteiger partial charge in [0.15, 0.2) is 23.4 Å². The molecule has 0 amide bonds. The molecule has 0 aliphatic carbocycles. The summed E-state index contributed by atoms with van der Waals surface area (Å²) in [4.78, 5) is 10.7. The lowest BCUT2D eigenvalue weighted by Crippen LogP contribution is -2.24. The number of hydrogen-bond acceptors (Lipinski definition) is 6. The molecule has 1 unspecified atom stereocenters. The van der Waals surface area contributed by atoms with Gasteiger partial charge in [0.25, 0.3) is 0 Å². The second-order valence-corrected chi connectivity index (χ2v) is 4.13. The van der Waals surface area contributed by atoms with Crippen molar-refractivity contribution < 1.29 is 9.47 Å². The smallest absolute Gasteiger partial charge is 0.224 e. The number of anilines is 1. The van der Waals surface area contributed by atoms with E-state index in [1.807, 2.05) is 24.3 Å². The minimum atomic E-state index is -0.369. The summed E-state index contributed by atoms with van der Waals surface area (Å²) in [6, 6.07) is 7.45. The van der Waals surface area contributed by atoms with Gasteiger partial charge in [0, 0.05) is 0 Å². The number of nitrogens with one attached hydrogen (secondary N) is 1. The summed E-state index contributed by atoms with van der Waals surface area (Å²) < 4.78 is 11.6. The molecule has 3 rings (SSSR count). The molecule has 7 heteroatoms. The van der Waals surface area contributed by atoms with Crippen LogP contribution in [-0.4, -0.2) is 21.6 Å². The Labute approximate surface area is 108 Å². The van der Waals surface area contributed by atoms with Gasteiger partial charge in [-0.25, -0.2) is 4.98 Å². The van der Waals surface area contributed by atoms with E-state index in [4.69, 9.17) is 27.4 Å². The van der Waals surface area contributed by atoms with Gasteiger partial charge in [-0.15, -0.1) is 0 Å². The highest BCUT2D eigenvalue weighted by Gasteiger charge is 2.24. The van der Waals surface area contributed by atoms with Crippen molar-refractivity contribution in [3.8, 4) is 11.5 Å². The van der Waals surface area contributed by atoms with Gasteiger partial charge in [-0.2, -0.15) is 4.98 Å². The highest BCUT2D eigenvalue weighted by molar-refractivity contribution is 7.71. The summed E-state index contributed by atoms with van der Waals surface area (Å²) in [6.45, 7) is 0.346. The normalized spacial score (nSPS) is 17.4. The van der Waals surface area contributed by atoms with Crippen molar-refractivity contribution in [2.75, 3.05) is 12.3 Å². The number of ether oxygens (including phenoxy) is 2. The highest BCUT2D eigenvalue weighted by atomic mass is 32.1. The molecule has 0 bridgehead atoms. The lowest BCUT2D eigenvalue weighted by atomic mass is 10.2. The van der Waals surface area contributed by atoms with Gasteiger partial charge in [0.05, 0.1) is 0 Å². The Morgan fingerprint density at radius 1 is 1.28 bits per heavy atom. The van der Waals surface area contributed by atoms with Crippen LogP contribution in [0.3, 0.4) is 0 Å².